The van der Waals surface area contributed by atoms with Crippen LogP contribution in [0.3, 0.4) is 0 Å². The van der Waals surface area contributed by atoms with Gasteiger partial charge in [0, 0.05) is 17.6 Å². The van der Waals surface area contributed by atoms with Gasteiger partial charge in [0.2, 0.25) is 0 Å². The fourth-order valence-electron chi connectivity index (χ4n) is 3.49. The average molecular weight is 341 g/mol. The molecule has 1 amide bonds. The van der Waals surface area contributed by atoms with E-state index >= 15 is 0 Å². The van der Waals surface area contributed by atoms with Gasteiger partial charge in [-0.05, 0) is 36.6 Å². The van der Waals surface area contributed by atoms with Crippen molar-refractivity contribution < 1.29 is 29.0 Å². The zero-order chi connectivity index (χ0) is 17.7. The van der Waals surface area contributed by atoms with Crippen LogP contribution in [-0.2, 0) is 25.5 Å². The lowest BCUT2D eigenvalue weighted by Gasteiger charge is -2.11. The second-order valence-electron chi connectivity index (χ2n) is 6.31. The number of hydrogen-bond donors (Lipinski definition) is 2. The number of carbonyl (C=O) groups excluding carboxylic acids is 2. The van der Waals surface area contributed by atoms with Crippen LogP contribution >= 0.6 is 0 Å². The maximum atomic E-state index is 12.3. The average Bonchev–Trinajstić information content (AvgIpc) is 3.17. The Morgan fingerprint density at radius 1 is 1.40 bits per heavy atom. The molecule has 7 heteroatoms. The van der Waals surface area contributed by atoms with Crippen LogP contribution in [0.2, 0.25) is 0 Å². The Bertz CT molecular complexity index is 868. The molecule has 0 spiro atoms. The molecule has 1 aromatic rings. The van der Waals surface area contributed by atoms with Gasteiger partial charge < -0.3 is 19.9 Å². The number of aromatic carboxylic acids is 1. The topological polar surface area (TPSA) is 102 Å². The number of cyclic esters (lactones) is 1. The van der Waals surface area contributed by atoms with Crippen molar-refractivity contribution in [3.8, 4) is 0 Å². The van der Waals surface area contributed by atoms with Crippen molar-refractivity contribution in [2.24, 2.45) is 5.92 Å². The molecular weight excluding hydrogens is 326 g/mol. The fourth-order valence-corrected chi connectivity index (χ4v) is 3.49. The van der Waals surface area contributed by atoms with E-state index in [-0.39, 0.29) is 23.4 Å². The van der Waals surface area contributed by atoms with E-state index in [4.69, 9.17) is 14.6 Å². The lowest BCUT2D eigenvalue weighted by atomic mass is 9.97. The molecule has 2 heterocycles. The fraction of sp³-hybridized carbons (Fsp3) is 0.278. The summed E-state index contributed by atoms with van der Waals surface area (Å²) in [5, 5.41) is 12.0. The highest BCUT2D eigenvalue weighted by Crippen LogP contribution is 2.44. The molecule has 0 saturated carbocycles. The highest BCUT2D eigenvalue weighted by Gasteiger charge is 2.44. The first-order valence-electron chi connectivity index (χ1n) is 7.86. The van der Waals surface area contributed by atoms with Gasteiger partial charge in [-0.15, -0.1) is 0 Å². The van der Waals surface area contributed by atoms with Crippen molar-refractivity contribution in [3.05, 3.63) is 58.4 Å². The van der Waals surface area contributed by atoms with Gasteiger partial charge in [-0.25, -0.2) is 9.59 Å². The van der Waals surface area contributed by atoms with Crippen LogP contribution in [0.4, 0.5) is 0 Å². The maximum absolute atomic E-state index is 12.3. The molecule has 2 aliphatic heterocycles. The Hall–Kier alpha value is -3.09. The molecule has 25 heavy (non-hydrogen) atoms. The molecule has 7 nitrogen and oxygen atoms in total. The normalized spacial score (nSPS) is 28.3. The maximum Gasteiger partial charge on any atom is 0.336 e. The molecule has 3 atom stereocenters. The first kappa shape index (κ1) is 15.4. The molecule has 1 fully saturated rings. The standard InChI is InChI=1S/C18H15NO6/c1-8-4-14(25-18(8)23)24-7-13-12-5-9-2-3-10(17(21)22)6-11(9)15(12)19-16(13)20/h2-4,6-7,12,14-15H,5H2,1H3,(H,19,20)(H,21,22)/t12-,14+,15+/m1/s1. The van der Waals surface area contributed by atoms with Crippen LogP contribution in [0.25, 0.3) is 0 Å². The van der Waals surface area contributed by atoms with Gasteiger partial charge in [0.25, 0.3) is 12.2 Å². The Balaban J connectivity index is 1.57. The highest BCUT2D eigenvalue weighted by molar-refractivity contribution is 5.97. The lowest BCUT2D eigenvalue weighted by Crippen LogP contribution is -2.19. The summed E-state index contributed by atoms with van der Waals surface area (Å²) < 4.78 is 10.4. The van der Waals surface area contributed by atoms with Crippen molar-refractivity contribution in [2.45, 2.75) is 25.7 Å². The molecule has 0 aromatic heterocycles. The number of hydrogen-bond acceptors (Lipinski definition) is 5. The molecule has 1 aliphatic carbocycles. The Kier molecular flexibility index (Phi) is 3.38. The third kappa shape index (κ3) is 2.48. The first-order chi connectivity index (χ1) is 11.9. The van der Waals surface area contributed by atoms with Crippen LogP contribution in [0, 0.1) is 5.92 Å². The Morgan fingerprint density at radius 3 is 2.88 bits per heavy atom. The summed E-state index contributed by atoms with van der Waals surface area (Å²) in [7, 11) is 0. The number of ether oxygens (including phenoxy) is 2. The number of carbonyl (C=O) groups is 3. The smallest absolute Gasteiger partial charge is 0.336 e. The van der Waals surface area contributed by atoms with E-state index in [0.29, 0.717) is 17.6 Å². The van der Waals surface area contributed by atoms with E-state index in [1.807, 2.05) is 0 Å². The summed E-state index contributed by atoms with van der Waals surface area (Å²) in [5.74, 6) is -1.83. The largest absolute Gasteiger partial charge is 0.478 e. The van der Waals surface area contributed by atoms with Crippen LogP contribution in [0.15, 0.2) is 41.7 Å². The number of benzene rings is 1. The minimum absolute atomic E-state index is 0.131. The third-order valence-electron chi connectivity index (χ3n) is 4.78. The quantitative estimate of drug-likeness (QED) is 0.490. The van der Waals surface area contributed by atoms with E-state index < -0.39 is 18.2 Å². The third-order valence-corrected chi connectivity index (χ3v) is 4.78. The molecule has 0 bridgehead atoms. The number of esters is 1. The van der Waals surface area contributed by atoms with Crippen molar-refractivity contribution in [2.75, 3.05) is 0 Å². The molecule has 128 valence electrons. The predicted octanol–water partition coefficient (Wildman–Crippen LogP) is 1.46. The molecule has 1 saturated heterocycles. The summed E-state index contributed by atoms with van der Waals surface area (Å²) in [6.45, 7) is 1.63. The number of amides is 1. The minimum Gasteiger partial charge on any atom is -0.478 e. The molecule has 0 radical (unpaired) electrons. The van der Waals surface area contributed by atoms with Gasteiger partial charge in [0.15, 0.2) is 0 Å². The van der Waals surface area contributed by atoms with Crippen LogP contribution in [0.5, 0.6) is 0 Å². The number of carboxylic acid groups (broad SMARTS) is 1. The number of rotatable bonds is 3. The van der Waals surface area contributed by atoms with Gasteiger partial charge in [0.1, 0.15) is 0 Å². The van der Waals surface area contributed by atoms with Gasteiger partial charge in [-0.2, -0.15) is 0 Å². The zero-order valence-electron chi connectivity index (χ0n) is 13.3. The van der Waals surface area contributed by atoms with Crippen molar-refractivity contribution >= 4 is 17.8 Å². The SMILES string of the molecule is CC1=C[C@@H](OC=C2C(=O)N[C@H]3c4cc(C(=O)O)ccc4C[C@H]23)OC1=O. The summed E-state index contributed by atoms with van der Waals surface area (Å²) >= 11 is 0. The van der Waals surface area contributed by atoms with Crippen LogP contribution in [0.1, 0.15) is 34.5 Å². The van der Waals surface area contributed by atoms with Gasteiger partial charge in [-0.1, -0.05) is 6.07 Å². The molecule has 3 aliphatic rings. The summed E-state index contributed by atoms with van der Waals surface area (Å²) in [6, 6.07) is 4.69. The number of fused-ring (bicyclic) bond motifs is 3. The van der Waals surface area contributed by atoms with Gasteiger partial charge >= 0.3 is 11.9 Å². The molecular formula is C18H15NO6. The molecule has 0 unspecified atom stereocenters. The highest BCUT2D eigenvalue weighted by atomic mass is 16.7. The molecule has 2 N–H and O–H groups in total. The van der Waals surface area contributed by atoms with E-state index in [1.54, 1.807) is 31.2 Å². The van der Waals surface area contributed by atoms with Gasteiger partial charge in [0.05, 0.1) is 23.4 Å². The van der Waals surface area contributed by atoms with Crippen molar-refractivity contribution in [1.29, 1.82) is 0 Å². The van der Waals surface area contributed by atoms with Crippen LogP contribution in [-0.4, -0.2) is 29.2 Å². The second-order valence-corrected chi connectivity index (χ2v) is 6.31. The van der Waals surface area contributed by atoms with Crippen molar-refractivity contribution in [3.63, 3.8) is 0 Å². The molecule has 1 aromatic carbocycles. The summed E-state index contributed by atoms with van der Waals surface area (Å²) in [5.41, 5.74) is 2.96. The first-order valence-corrected chi connectivity index (χ1v) is 7.86. The Morgan fingerprint density at radius 2 is 2.20 bits per heavy atom. The predicted molar refractivity (Wildman–Crippen MR) is 84.3 cm³/mol. The van der Waals surface area contributed by atoms with Crippen LogP contribution < -0.4 is 5.32 Å². The monoisotopic (exact) mass is 341 g/mol. The lowest BCUT2D eigenvalue weighted by molar-refractivity contribution is -0.152. The van der Waals surface area contributed by atoms with E-state index in [1.165, 1.54) is 6.26 Å². The Labute approximate surface area is 142 Å². The van der Waals surface area contributed by atoms with Crippen molar-refractivity contribution in [1.82, 2.24) is 5.32 Å². The van der Waals surface area contributed by atoms with E-state index in [9.17, 15) is 14.4 Å². The summed E-state index contributed by atoms with van der Waals surface area (Å²) in [4.78, 5) is 34.8. The second kappa shape index (κ2) is 5.47. The van der Waals surface area contributed by atoms with E-state index in [2.05, 4.69) is 5.32 Å². The van der Waals surface area contributed by atoms with Gasteiger partial charge in [-0.3, -0.25) is 4.79 Å². The minimum atomic E-state index is -1.00. The zero-order valence-corrected chi connectivity index (χ0v) is 13.3. The number of carboxylic acids is 1. The summed E-state index contributed by atoms with van der Waals surface area (Å²) in [6.07, 6.45) is 2.69. The van der Waals surface area contributed by atoms with E-state index in [0.717, 1.165) is 11.1 Å². The molecule has 4 rings (SSSR count). The number of nitrogens with one attached hydrogen (secondary N) is 1.